The van der Waals surface area contributed by atoms with Gasteiger partial charge in [0.1, 0.15) is 17.5 Å². The molecule has 1 aromatic heterocycles. The summed E-state index contributed by atoms with van der Waals surface area (Å²) in [6.45, 7) is 4.62. The summed E-state index contributed by atoms with van der Waals surface area (Å²) in [5, 5.41) is 14.5. The highest BCUT2D eigenvalue weighted by Gasteiger charge is 2.32. The molecule has 4 rings (SSSR count). The van der Waals surface area contributed by atoms with Gasteiger partial charge in [-0.05, 0) is 25.3 Å². The third-order valence-electron chi connectivity index (χ3n) is 4.91. The number of carbonyl (C=O) groups excluding carboxylic acids is 2. The molecule has 0 unspecified atom stereocenters. The van der Waals surface area contributed by atoms with Crippen LogP contribution in [0.5, 0.6) is 0 Å². The number of rotatable bonds is 2. The highest BCUT2D eigenvalue weighted by Crippen LogP contribution is 2.31. The van der Waals surface area contributed by atoms with Crippen molar-refractivity contribution in [3.8, 4) is 6.07 Å². The number of hydrogen-bond acceptors (Lipinski definition) is 6. The van der Waals surface area contributed by atoms with Gasteiger partial charge < -0.3 is 15.0 Å². The first-order valence-electron chi connectivity index (χ1n) is 9.60. The minimum absolute atomic E-state index is 0.0378. The molecule has 0 bridgehead atoms. The predicted octanol–water partition coefficient (Wildman–Crippen LogP) is 2.81. The predicted molar refractivity (Wildman–Crippen MR) is 114 cm³/mol. The summed E-state index contributed by atoms with van der Waals surface area (Å²) in [7, 11) is 0. The number of amides is 2. The minimum atomic E-state index is -0.376. The normalized spacial score (nSPS) is 22.0. The molecule has 1 saturated heterocycles. The van der Waals surface area contributed by atoms with Crippen molar-refractivity contribution < 1.29 is 14.3 Å². The smallest absolute Gasteiger partial charge is 0.266 e. The maximum Gasteiger partial charge on any atom is 0.266 e. The Kier molecular flexibility index (Phi) is 5.48. The fourth-order valence-corrected chi connectivity index (χ4v) is 4.31. The second-order valence-corrected chi connectivity index (χ2v) is 8.19. The van der Waals surface area contributed by atoms with Gasteiger partial charge in [-0.15, -0.1) is 11.3 Å². The molecule has 152 valence electrons. The van der Waals surface area contributed by atoms with Crippen LogP contribution in [0.15, 0.2) is 52.3 Å². The van der Waals surface area contributed by atoms with E-state index in [1.807, 2.05) is 43.5 Å². The van der Waals surface area contributed by atoms with Crippen molar-refractivity contribution in [2.24, 2.45) is 4.99 Å². The van der Waals surface area contributed by atoms with E-state index >= 15 is 0 Å². The standard InChI is InChI=1S/C22H20N4O3S/c1-13-11-26(12-14(2)29-13)22(28)17(10-23)19-15-6-3-4-7-16(15)20(24-19)25-21(27)18-8-5-9-30-18/h3-9,13-14H,11-12H2,1-2H3,(H,24,25,27)/b19-17-/t13-,14-/m0/s1. The zero-order valence-corrected chi connectivity index (χ0v) is 17.4. The Labute approximate surface area is 178 Å². The summed E-state index contributed by atoms with van der Waals surface area (Å²) in [6.07, 6.45) is -0.217. The molecular formula is C22H20N4O3S. The van der Waals surface area contributed by atoms with Crippen LogP contribution in [0.2, 0.25) is 0 Å². The van der Waals surface area contributed by atoms with Crippen LogP contribution in [0.1, 0.15) is 34.6 Å². The quantitative estimate of drug-likeness (QED) is 0.597. The number of carbonyl (C=O) groups is 2. The zero-order valence-electron chi connectivity index (χ0n) is 16.6. The number of amidine groups is 1. The Morgan fingerprint density at radius 1 is 1.17 bits per heavy atom. The molecule has 8 heteroatoms. The SMILES string of the molecule is C[C@H]1CN(C(=O)/C(C#N)=C2\N=C(NC(=O)c3cccs3)c3ccccc32)C[C@H](C)O1. The van der Waals surface area contributed by atoms with E-state index in [2.05, 4.69) is 10.3 Å². The molecule has 0 saturated carbocycles. The van der Waals surface area contributed by atoms with Crippen LogP contribution in [-0.4, -0.2) is 47.8 Å². The first kappa shape index (κ1) is 20.0. The van der Waals surface area contributed by atoms with E-state index < -0.39 is 0 Å². The molecule has 2 aliphatic rings. The maximum atomic E-state index is 13.2. The monoisotopic (exact) mass is 420 g/mol. The van der Waals surface area contributed by atoms with Crippen LogP contribution in [0.3, 0.4) is 0 Å². The number of morpholine rings is 1. The number of aliphatic imine (C=N–C) groups is 1. The number of thiophene rings is 1. The Morgan fingerprint density at radius 2 is 1.87 bits per heavy atom. The van der Waals surface area contributed by atoms with Gasteiger partial charge in [0.05, 0.1) is 22.8 Å². The Bertz CT molecular complexity index is 1090. The number of nitrogens with zero attached hydrogens (tertiary/aromatic N) is 3. The van der Waals surface area contributed by atoms with Gasteiger partial charge >= 0.3 is 0 Å². The summed E-state index contributed by atoms with van der Waals surface area (Å²) < 4.78 is 5.69. The summed E-state index contributed by atoms with van der Waals surface area (Å²) in [5.41, 5.74) is 1.58. The number of nitriles is 1. The van der Waals surface area contributed by atoms with Crippen LogP contribution in [0, 0.1) is 11.3 Å². The molecule has 2 aliphatic heterocycles. The number of nitrogens with one attached hydrogen (secondary N) is 1. The van der Waals surface area contributed by atoms with Crippen molar-refractivity contribution in [1.29, 1.82) is 5.26 Å². The molecule has 30 heavy (non-hydrogen) atoms. The highest BCUT2D eigenvalue weighted by atomic mass is 32.1. The average Bonchev–Trinajstić information content (AvgIpc) is 3.37. The van der Waals surface area contributed by atoms with Gasteiger partial charge in [-0.3, -0.25) is 9.59 Å². The Balaban J connectivity index is 1.71. The number of ether oxygens (including phenoxy) is 1. The van der Waals surface area contributed by atoms with Gasteiger partial charge in [-0.25, -0.2) is 4.99 Å². The van der Waals surface area contributed by atoms with Crippen molar-refractivity contribution in [3.05, 3.63) is 63.4 Å². The first-order valence-corrected chi connectivity index (χ1v) is 10.5. The molecule has 1 aromatic carbocycles. The molecule has 2 amide bonds. The summed E-state index contributed by atoms with van der Waals surface area (Å²) >= 11 is 1.33. The van der Waals surface area contributed by atoms with Gasteiger partial charge in [0.15, 0.2) is 0 Å². The molecule has 7 nitrogen and oxygen atoms in total. The van der Waals surface area contributed by atoms with Gasteiger partial charge in [-0.2, -0.15) is 5.26 Å². The number of hydrogen-bond donors (Lipinski definition) is 1. The average molecular weight is 420 g/mol. The van der Waals surface area contributed by atoms with Crippen molar-refractivity contribution in [1.82, 2.24) is 10.2 Å². The largest absolute Gasteiger partial charge is 0.372 e. The molecule has 1 N–H and O–H groups in total. The topological polar surface area (TPSA) is 94.8 Å². The zero-order chi connectivity index (χ0) is 21.3. The molecule has 1 fully saturated rings. The van der Waals surface area contributed by atoms with Crippen LogP contribution in [0.4, 0.5) is 0 Å². The van der Waals surface area contributed by atoms with Crippen molar-refractivity contribution in [2.45, 2.75) is 26.1 Å². The lowest BCUT2D eigenvalue weighted by molar-refractivity contribution is -0.138. The molecule has 2 aromatic rings. The van der Waals surface area contributed by atoms with Crippen molar-refractivity contribution >= 4 is 34.7 Å². The molecule has 3 heterocycles. The van der Waals surface area contributed by atoms with Crippen LogP contribution in [-0.2, 0) is 9.53 Å². The van der Waals surface area contributed by atoms with Gasteiger partial charge in [0.2, 0.25) is 0 Å². The lowest BCUT2D eigenvalue weighted by Crippen LogP contribution is -2.48. The second kappa shape index (κ2) is 8.22. The van der Waals surface area contributed by atoms with E-state index in [0.29, 0.717) is 34.9 Å². The summed E-state index contributed by atoms with van der Waals surface area (Å²) in [5.74, 6) is -0.317. The second-order valence-electron chi connectivity index (χ2n) is 7.24. The molecule has 0 aliphatic carbocycles. The van der Waals surface area contributed by atoms with E-state index in [0.717, 1.165) is 0 Å². The van der Waals surface area contributed by atoms with Crippen molar-refractivity contribution in [3.63, 3.8) is 0 Å². The lowest BCUT2D eigenvalue weighted by atomic mass is 10.0. The maximum absolute atomic E-state index is 13.2. The molecular weight excluding hydrogens is 400 g/mol. The van der Waals surface area contributed by atoms with E-state index in [4.69, 9.17) is 4.74 Å². The Morgan fingerprint density at radius 3 is 2.50 bits per heavy atom. The third-order valence-corrected chi connectivity index (χ3v) is 5.78. The number of benzene rings is 1. The van der Waals surface area contributed by atoms with E-state index in [-0.39, 0.29) is 35.3 Å². The van der Waals surface area contributed by atoms with Gasteiger partial charge in [-0.1, -0.05) is 30.3 Å². The fraction of sp³-hybridized carbons (Fsp3) is 0.273. The summed E-state index contributed by atoms with van der Waals surface area (Å²) in [4.78, 5) is 32.4. The van der Waals surface area contributed by atoms with Crippen LogP contribution < -0.4 is 5.32 Å². The number of fused-ring (bicyclic) bond motifs is 1. The van der Waals surface area contributed by atoms with E-state index in [1.54, 1.807) is 23.1 Å². The van der Waals surface area contributed by atoms with E-state index in [1.165, 1.54) is 11.3 Å². The fourth-order valence-electron chi connectivity index (χ4n) is 3.70. The molecule has 0 spiro atoms. The Hall–Kier alpha value is -3.28. The molecule has 0 radical (unpaired) electrons. The summed E-state index contributed by atoms with van der Waals surface area (Å²) in [6, 6.07) is 12.8. The van der Waals surface area contributed by atoms with Gasteiger partial charge in [0, 0.05) is 24.2 Å². The molecule has 2 atom stereocenters. The third kappa shape index (κ3) is 3.77. The highest BCUT2D eigenvalue weighted by molar-refractivity contribution is 7.12. The lowest BCUT2D eigenvalue weighted by Gasteiger charge is -2.35. The van der Waals surface area contributed by atoms with Crippen molar-refractivity contribution in [2.75, 3.05) is 13.1 Å². The van der Waals surface area contributed by atoms with Gasteiger partial charge in [0.25, 0.3) is 11.8 Å². The van der Waals surface area contributed by atoms with Crippen LogP contribution >= 0.6 is 11.3 Å². The minimum Gasteiger partial charge on any atom is -0.372 e. The first-order chi connectivity index (χ1) is 14.5. The van der Waals surface area contributed by atoms with Crippen LogP contribution in [0.25, 0.3) is 5.70 Å². The van der Waals surface area contributed by atoms with E-state index in [9.17, 15) is 14.9 Å².